The minimum absolute atomic E-state index is 0.0518. The van der Waals surface area contributed by atoms with Gasteiger partial charge in [-0.2, -0.15) is 52.7 Å². The number of hydrogen-bond donors (Lipinski definition) is 1. The maximum atomic E-state index is 13.5. The summed E-state index contributed by atoms with van der Waals surface area (Å²) in [6.45, 7) is -1.07. The summed E-state index contributed by atoms with van der Waals surface area (Å²) in [7, 11) is -0.159. The fourth-order valence-corrected chi connectivity index (χ4v) is 2.92. The summed E-state index contributed by atoms with van der Waals surface area (Å²) in [5.41, 5.74) is -16.1. The molecule has 3 nitrogen and oxygen atoms in total. The van der Waals surface area contributed by atoms with E-state index in [1.165, 1.54) is 0 Å². The maximum absolute atomic E-state index is 13.5. The quantitative estimate of drug-likeness (QED) is 0.477. The van der Waals surface area contributed by atoms with Crippen LogP contribution in [0.1, 0.15) is 16.7 Å². The Morgan fingerprint density at radius 3 is 1.19 bits per heavy atom. The Morgan fingerprint density at radius 2 is 0.969 bits per heavy atom. The second kappa shape index (κ2) is 8.64. The molecular formula is C17H12F12O3. The van der Waals surface area contributed by atoms with Crippen molar-refractivity contribution in [1.29, 1.82) is 0 Å². The fraction of sp³-hybridized carbons (Fsp3) is 0.529. The first kappa shape index (κ1) is 27.9. The van der Waals surface area contributed by atoms with Crippen LogP contribution in [0, 0.1) is 11.8 Å². The molecule has 1 rings (SSSR count). The summed E-state index contributed by atoms with van der Waals surface area (Å²) in [4.78, 5) is 0. The van der Waals surface area contributed by atoms with Crippen molar-refractivity contribution in [3.8, 4) is 11.8 Å². The molecule has 0 heterocycles. The normalized spacial score (nSPS) is 14.2. The first-order chi connectivity index (χ1) is 14.3. The lowest BCUT2D eigenvalue weighted by molar-refractivity contribution is -0.385. The number of benzene rings is 1. The van der Waals surface area contributed by atoms with Crippen LogP contribution in [0.4, 0.5) is 52.7 Å². The van der Waals surface area contributed by atoms with E-state index in [1.54, 1.807) is 11.8 Å². The molecule has 0 unspecified atom stereocenters. The lowest BCUT2D eigenvalue weighted by atomic mass is 9.83. The highest BCUT2D eigenvalue weighted by Crippen LogP contribution is 2.56. The molecule has 0 radical (unpaired) electrons. The van der Waals surface area contributed by atoms with E-state index in [0.29, 0.717) is 0 Å². The van der Waals surface area contributed by atoms with E-state index >= 15 is 0 Å². The van der Waals surface area contributed by atoms with Crippen LogP contribution in [0.5, 0.6) is 0 Å². The molecule has 0 aromatic heterocycles. The van der Waals surface area contributed by atoms with E-state index in [9.17, 15) is 52.7 Å². The van der Waals surface area contributed by atoms with Gasteiger partial charge in [-0.25, -0.2) is 0 Å². The lowest BCUT2D eigenvalue weighted by Crippen LogP contribution is -2.57. The highest BCUT2D eigenvalue weighted by Gasteiger charge is 2.75. The van der Waals surface area contributed by atoms with Gasteiger partial charge in [-0.15, -0.1) is 0 Å². The molecule has 1 aromatic rings. The maximum Gasteiger partial charge on any atom is 0.430 e. The number of ether oxygens (including phenoxy) is 2. The van der Waals surface area contributed by atoms with Crippen LogP contribution >= 0.6 is 0 Å². The predicted octanol–water partition coefficient (Wildman–Crippen LogP) is 4.96. The molecular weight excluding hydrogens is 480 g/mol. The van der Waals surface area contributed by atoms with Crippen molar-refractivity contribution >= 4 is 0 Å². The molecule has 0 atom stereocenters. The van der Waals surface area contributed by atoms with E-state index in [4.69, 9.17) is 5.11 Å². The first-order valence-corrected chi connectivity index (χ1v) is 7.89. The number of alkyl halides is 12. The van der Waals surface area contributed by atoms with Crippen LogP contribution in [0.2, 0.25) is 0 Å². The monoisotopic (exact) mass is 492 g/mol. The Balaban J connectivity index is 4.28. The molecule has 1 aromatic carbocycles. The molecule has 0 amide bonds. The molecule has 0 spiro atoms. The van der Waals surface area contributed by atoms with E-state index in [1.807, 2.05) is 0 Å². The first-order valence-electron chi connectivity index (χ1n) is 7.89. The summed E-state index contributed by atoms with van der Waals surface area (Å²) < 4.78 is 170. The summed E-state index contributed by atoms with van der Waals surface area (Å²) >= 11 is 0. The molecule has 0 fully saturated rings. The van der Waals surface area contributed by atoms with Crippen molar-refractivity contribution in [2.24, 2.45) is 0 Å². The van der Waals surface area contributed by atoms with Crippen LogP contribution in [-0.2, 0) is 20.7 Å². The van der Waals surface area contributed by atoms with Gasteiger partial charge in [0.15, 0.2) is 0 Å². The summed E-state index contributed by atoms with van der Waals surface area (Å²) in [5.74, 6) is 3.40. The van der Waals surface area contributed by atoms with E-state index in [0.717, 1.165) is 0 Å². The number of aliphatic hydroxyl groups is 1. The van der Waals surface area contributed by atoms with Crippen molar-refractivity contribution in [3.05, 3.63) is 34.9 Å². The topological polar surface area (TPSA) is 38.7 Å². The van der Waals surface area contributed by atoms with Gasteiger partial charge in [0, 0.05) is 30.9 Å². The average molecular weight is 492 g/mol. The Hall–Kier alpha value is -2.18. The van der Waals surface area contributed by atoms with Gasteiger partial charge in [0.25, 0.3) is 11.2 Å². The van der Waals surface area contributed by atoms with Crippen molar-refractivity contribution in [3.63, 3.8) is 0 Å². The minimum Gasteiger partial charge on any atom is -0.384 e. The zero-order valence-corrected chi connectivity index (χ0v) is 15.7. The third kappa shape index (κ3) is 4.35. The van der Waals surface area contributed by atoms with Crippen LogP contribution in [0.15, 0.2) is 18.2 Å². The summed E-state index contributed by atoms with van der Waals surface area (Å²) in [6, 6.07) is -0.716. The van der Waals surface area contributed by atoms with Crippen LogP contribution in [0.3, 0.4) is 0 Å². The SMILES string of the molecule is COC(c1cc(C#CCO)cc(C(OC)(C(F)(F)F)C(F)(F)F)c1)(C(F)(F)F)C(F)(F)F. The Kier molecular flexibility index (Phi) is 7.52. The second-order valence-electron chi connectivity index (χ2n) is 6.02. The molecule has 0 saturated heterocycles. The van der Waals surface area contributed by atoms with Gasteiger partial charge in [0.05, 0.1) is 0 Å². The van der Waals surface area contributed by atoms with Crippen molar-refractivity contribution in [2.75, 3.05) is 20.8 Å². The second-order valence-corrected chi connectivity index (χ2v) is 6.02. The number of halogens is 12. The third-order valence-electron chi connectivity index (χ3n) is 4.27. The van der Waals surface area contributed by atoms with Gasteiger partial charge < -0.3 is 14.6 Å². The van der Waals surface area contributed by atoms with Crippen LogP contribution in [0.25, 0.3) is 0 Å². The molecule has 0 aliphatic carbocycles. The number of rotatable bonds is 4. The van der Waals surface area contributed by atoms with Gasteiger partial charge in [-0.05, 0) is 18.2 Å². The summed E-state index contributed by atoms with van der Waals surface area (Å²) in [5, 5.41) is 8.65. The molecule has 0 aliphatic heterocycles. The average Bonchev–Trinajstić information content (AvgIpc) is 2.56. The van der Waals surface area contributed by atoms with E-state index in [2.05, 4.69) is 9.47 Å². The van der Waals surface area contributed by atoms with Gasteiger partial charge in [-0.3, -0.25) is 0 Å². The minimum atomic E-state index is -6.38. The molecule has 15 heteroatoms. The van der Waals surface area contributed by atoms with E-state index < -0.39 is 65.3 Å². The van der Waals surface area contributed by atoms with Gasteiger partial charge in [0.2, 0.25) is 0 Å². The number of aliphatic hydroxyl groups excluding tert-OH is 1. The lowest BCUT2D eigenvalue weighted by Gasteiger charge is -2.39. The van der Waals surface area contributed by atoms with Crippen molar-refractivity contribution in [2.45, 2.75) is 35.9 Å². The van der Waals surface area contributed by atoms with Crippen LogP contribution in [-0.4, -0.2) is 50.6 Å². The van der Waals surface area contributed by atoms with E-state index in [-0.39, 0.29) is 26.4 Å². The zero-order chi connectivity index (χ0) is 25.4. The molecule has 0 aliphatic rings. The molecule has 0 saturated carbocycles. The van der Waals surface area contributed by atoms with Crippen LogP contribution < -0.4 is 0 Å². The molecule has 32 heavy (non-hydrogen) atoms. The summed E-state index contributed by atoms with van der Waals surface area (Å²) in [6.07, 6.45) is -25.5. The zero-order valence-electron chi connectivity index (χ0n) is 15.7. The Bertz CT molecular complexity index is 782. The number of methoxy groups -OCH3 is 2. The van der Waals surface area contributed by atoms with Crippen molar-refractivity contribution < 1.29 is 67.3 Å². The Labute approximate surface area is 171 Å². The van der Waals surface area contributed by atoms with Crippen molar-refractivity contribution in [1.82, 2.24) is 0 Å². The van der Waals surface area contributed by atoms with Gasteiger partial charge in [-0.1, -0.05) is 11.8 Å². The Morgan fingerprint density at radius 1 is 0.656 bits per heavy atom. The standard InChI is InChI=1S/C17H12F12O3/c1-31-12(14(18,19)20,15(21,22)23)10-6-9(4-3-5-30)7-11(8-10)13(32-2,16(24,25)26)17(27,28)29/h6-8,30H,5H2,1-2H3. The fourth-order valence-electron chi connectivity index (χ4n) is 2.92. The molecule has 0 bridgehead atoms. The van der Waals surface area contributed by atoms with Gasteiger partial charge in [0.1, 0.15) is 6.61 Å². The number of hydrogen-bond acceptors (Lipinski definition) is 3. The highest BCUT2D eigenvalue weighted by molar-refractivity contribution is 5.46. The predicted molar refractivity (Wildman–Crippen MR) is 82.0 cm³/mol. The largest absolute Gasteiger partial charge is 0.430 e. The molecule has 1 N–H and O–H groups in total. The smallest absolute Gasteiger partial charge is 0.384 e. The van der Waals surface area contributed by atoms with Gasteiger partial charge >= 0.3 is 24.7 Å². The highest BCUT2D eigenvalue weighted by atomic mass is 19.4. The third-order valence-corrected chi connectivity index (χ3v) is 4.27. The molecule has 182 valence electrons.